The van der Waals surface area contributed by atoms with Crippen molar-refractivity contribution < 1.29 is 42.2 Å². The Labute approximate surface area is 235 Å². The number of benzene rings is 3. The highest BCUT2D eigenvalue weighted by Crippen LogP contribution is 2.33. The Bertz CT molecular complexity index is 1470. The number of nitrogens with zero attached hydrogens (tertiary/aromatic N) is 1. The molecule has 1 heterocycles. The summed E-state index contributed by atoms with van der Waals surface area (Å²) in [4.78, 5) is 25.1. The topological polar surface area (TPSA) is 153 Å². The Morgan fingerprint density at radius 3 is 2.50 bits per heavy atom. The second-order valence-corrected chi connectivity index (χ2v) is 10.8. The largest absolute Gasteiger partial charge is 0.497 e. The summed E-state index contributed by atoms with van der Waals surface area (Å²) in [6.45, 7) is -0.997. The molecule has 0 unspecified atom stereocenters. The Balaban J connectivity index is 1.60. The molecule has 0 aromatic heterocycles. The second kappa shape index (κ2) is 12.9. The summed E-state index contributed by atoms with van der Waals surface area (Å²) in [5, 5.41) is 12.3. The van der Waals surface area contributed by atoms with E-state index in [1.54, 1.807) is 42.5 Å². The van der Waals surface area contributed by atoms with Crippen LogP contribution in [0.1, 0.15) is 11.1 Å². The van der Waals surface area contributed by atoms with Gasteiger partial charge < -0.3 is 24.3 Å². The van der Waals surface area contributed by atoms with Crippen molar-refractivity contribution in [1.82, 2.24) is 15.1 Å². The van der Waals surface area contributed by atoms with E-state index in [2.05, 4.69) is 5.32 Å². The lowest BCUT2D eigenvalue weighted by Crippen LogP contribution is -2.53. The molecule has 4 rings (SSSR count). The molecule has 0 saturated carbocycles. The summed E-state index contributed by atoms with van der Waals surface area (Å²) in [7, 11) is -2.94. The molecule has 1 atom stereocenters. The van der Waals surface area contributed by atoms with Gasteiger partial charge in [-0.3, -0.25) is 10.0 Å². The number of carbonyl (C=O) groups is 2. The van der Waals surface area contributed by atoms with E-state index in [-0.39, 0.29) is 24.8 Å². The monoisotopic (exact) mass is 591 g/mol. The van der Waals surface area contributed by atoms with Gasteiger partial charge in [-0.25, -0.2) is 18.7 Å². The molecule has 0 aliphatic carbocycles. The fraction of sp³-hybridized carbons (Fsp3) is 0.231. The van der Waals surface area contributed by atoms with Gasteiger partial charge in [-0.15, -0.1) is 0 Å². The third kappa shape index (κ3) is 6.74. The number of methoxy groups -OCH3 is 1. The number of amides is 2. The molecule has 0 saturated heterocycles. The maximum absolute atomic E-state index is 13.8. The first-order valence-corrected chi connectivity index (χ1v) is 13.7. The van der Waals surface area contributed by atoms with Crippen LogP contribution in [-0.2, 0) is 32.7 Å². The third-order valence-electron chi connectivity index (χ3n) is 5.96. The quantitative estimate of drug-likeness (QED) is 0.225. The first kappa shape index (κ1) is 29.0. The minimum Gasteiger partial charge on any atom is -0.497 e. The molecule has 40 heavy (non-hydrogen) atoms. The Kier molecular flexibility index (Phi) is 9.32. The van der Waals surface area contributed by atoms with E-state index in [4.69, 9.17) is 30.5 Å². The number of hydrogen-bond donors (Lipinski definition) is 3. The van der Waals surface area contributed by atoms with E-state index < -0.39 is 34.6 Å². The van der Waals surface area contributed by atoms with Crippen LogP contribution in [0.25, 0.3) is 0 Å². The standard InChI is InChI=1S/C26H26ClN3O9S/c1-36-19-7-9-20(10-8-19)40(34,35)30(14-17-6-11-23-24(12-17)39-16-38-23)22(25(31)29-33)13-28-26(32)37-15-18-4-2-3-5-21(18)27/h2-12,22,33H,13-16H2,1H3,(H,28,32)(H,29,31)/t22-/m1/s1. The molecule has 0 bridgehead atoms. The SMILES string of the molecule is COc1ccc(S(=O)(=O)N(Cc2ccc3c(c2)OCO3)[C@H](CNC(=O)OCc2ccccc2Cl)C(=O)NO)cc1. The van der Waals surface area contributed by atoms with Gasteiger partial charge >= 0.3 is 6.09 Å². The highest BCUT2D eigenvalue weighted by atomic mass is 35.5. The summed E-state index contributed by atoms with van der Waals surface area (Å²) >= 11 is 6.09. The van der Waals surface area contributed by atoms with Crippen LogP contribution in [0.3, 0.4) is 0 Å². The van der Waals surface area contributed by atoms with E-state index in [1.165, 1.54) is 36.9 Å². The predicted octanol–water partition coefficient (Wildman–Crippen LogP) is 3.07. The highest BCUT2D eigenvalue weighted by Gasteiger charge is 2.37. The Hall–Kier alpha value is -4.04. The number of alkyl carbamates (subject to hydrolysis) is 1. The maximum Gasteiger partial charge on any atom is 0.407 e. The van der Waals surface area contributed by atoms with Crippen molar-refractivity contribution >= 4 is 33.6 Å². The number of ether oxygens (including phenoxy) is 4. The van der Waals surface area contributed by atoms with E-state index in [9.17, 15) is 23.2 Å². The zero-order valence-electron chi connectivity index (χ0n) is 21.2. The molecule has 0 spiro atoms. The molecule has 3 aromatic carbocycles. The number of carbonyl (C=O) groups excluding carboxylic acids is 2. The average molecular weight is 592 g/mol. The lowest BCUT2D eigenvalue weighted by Gasteiger charge is -2.29. The second-order valence-electron chi connectivity index (χ2n) is 8.45. The number of halogens is 1. The van der Waals surface area contributed by atoms with Crippen LogP contribution in [0.4, 0.5) is 4.79 Å². The highest BCUT2D eigenvalue weighted by molar-refractivity contribution is 7.89. The van der Waals surface area contributed by atoms with Crippen molar-refractivity contribution in [2.45, 2.75) is 24.1 Å². The van der Waals surface area contributed by atoms with E-state index in [0.717, 1.165) is 4.31 Å². The third-order valence-corrected chi connectivity index (χ3v) is 8.20. The number of sulfonamides is 1. The zero-order valence-corrected chi connectivity index (χ0v) is 22.8. The Morgan fingerprint density at radius 2 is 1.80 bits per heavy atom. The van der Waals surface area contributed by atoms with Gasteiger partial charge in [0.05, 0.1) is 12.0 Å². The molecule has 2 amide bonds. The van der Waals surface area contributed by atoms with Crippen LogP contribution in [0.5, 0.6) is 17.2 Å². The number of fused-ring (bicyclic) bond motifs is 1. The molecule has 212 valence electrons. The molecule has 1 aliphatic rings. The summed E-state index contributed by atoms with van der Waals surface area (Å²) in [5.41, 5.74) is 2.49. The van der Waals surface area contributed by atoms with E-state index in [0.29, 0.717) is 33.4 Å². The van der Waals surface area contributed by atoms with Crippen LogP contribution >= 0.6 is 11.6 Å². The van der Waals surface area contributed by atoms with Crippen LogP contribution in [-0.4, -0.2) is 56.4 Å². The maximum atomic E-state index is 13.8. The minimum atomic E-state index is -4.38. The zero-order chi connectivity index (χ0) is 28.7. The molecule has 0 fully saturated rings. The first-order chi connectivity index (χ1) is 19.2. The summed E-state index contributed by atoms with van der Waals surface area (Å²) in [6.07, 6.45) is -0.930. The number of rotatable bonds is 11. The van der Waals surface area contributed by atoms with Crippen LogP contribution < -0.4 is 25.0 Å². The van der Waals surface area contributed by atoms with E-state index in [1.807, 2.05) is 0 Å². The van der Waals surface area contributed by atoms with Crippen LogP contribution in [0, 0.1) is 0 Å². The molecule has 14 heteroatoms. The molecular formula is C26H26ClN3O9S. The van der Waals surface area contributed by atoms with Gasteiger partial charge in [-0.1, -0.05) is 35.9 Å². The summed E-state index contributed by atoms with van der Waals surface area (Å²) in [5.74, 6) is 0.239. The summed E-state index contributed by atoms with van der Waals surface area (Å²) in [6, 6.07) is 15.5. The molecule has 3 aromatic rings. The van der Waals surface area contributed by atoms with Gasteiger partial charge in [-0.2, -0.15) is 4.31 Å². The average Bonchev–Trinajstić information content (AvgIpc) is 3.44. The molecule has 0 radical (unpaired) electrons. The fourth-order valence-electron chi connectivity index (χ4n) is 3.85. The fourth-order valence-corrected chi connectivity index (χ4v) is 5.62. The summed E-state index contributed by atoms with van der Waals surface area (Å²) < 4.78 is 49.5. The molecule has 12 nitrogen and oxygen atoms in total. The minimum absolute atomic E-state index is 0.0163. The number of nitrogens with one attached hydrogen (secondary N) is 2. The molecular weight excluding hydrogens is 566 g/mol. The van der Waals surface area contributed by atoms with Crippen molar-refractivity contribution in [2.24, 2.45) is 0 Å². The number of hydroxylamine groups is 1. The normalized spacial score (nSPS) is 13.0. The van der Waals surface area contributed by atoms with Crippen LogP contribution in [0.2, 0.25) is 5.02 Å². The van der Waals surface area contributed by atoms with Gasteiger partial charge in [-0.05, 0) is 48.0 Å². The van der Waals surface area contributed by atoms with Gasteiger partial charge in [0.1, 0.15) is 18.4 Å². The lowest BCUT2D eigenvalue weighted by molar-refractivity contribution is -0.133. The van der Waals surface area contributed by atoms with Crippen molar-refractivity contribution in [2.75, 3.05) is 20.4 Å². The lowest BCUT2D eigenvalue weighted by atomic mass is 10.2. The molecule has 1 aliphatic heterocycles. The van der Waals surface area contributed by atoms with Gasteiger partial charge in [0.2, 0.25) is 16.8 Å². The van der Waals surface area contributed by atoms with Gasteiger partial charge in [0, 0.05) is 23.7 Å². The van der Waals surface area contributed by atoms with Crippen molar-refractivity contribution in [1.29, 1.82) is 0 Å². The predicted molar refractivity (Wildman–Crippen MR) is 142 cm³/mol. The van der Waals surface area contributed by atoms with Crippen molar-refractivity contribution in [3.05, 3.63) is 82.9 Å². The van der Waals surface area contributed by atoms with E-state index >= 15 is 0 Å². The van der Waals surface area contributed by atoms with Gasteiger partial charge in [0.15, 0.2) is 11.5 Å². The number of hydrogen-bond acceptors (Lipinski definition) is 9. The Morgan fingerprint density at radius 1 is 1.07 bits per heavy atom. The smallest absolute Gasteiger partial charge is 0.407 e. The van der Waals surface area contributed by atoms with Gasteiger partial charge in [0.25, 0.3) is 5.91 Å². The first-order valence-electron chi connectivity index (χ1n) is 11.9. The van der Waals surface area contributed by atoms with Crippen LogP contribution in [0.15, 0.2) is 71.6 Å². The molecule has 3 N–H and O–H groups in total. The van der Waals surface area contributed by atoms with Crippen molar-refractivity contribution in [3.63, 3.8) is 0 Å². The van der Waals surface area contributed by atoms with Crippen molar-refractivity contribution in [3.8, 4) is 17.2 Å².